The van der Waals surface area contributed by atoms with Crippen LogP contribution in [0.4, 0.5) is 0 Å². The molecule has 1 N–H and O–H groups in total. The highest BCUT2D eigenvalue weighted by Gasteiger charge is 2.24. The van der Waals surface area contributed by atoms with E-state index >= 15 is 0 Å². The fourth-order valence-electron chi connectivity index (χ4n) is 3.19. The fraction of sp³-hybridized carbons (Fsp3) is 0.632. The number of likely N-dealkylation sites (tertiary alicyclic amines) is 1. The number of rotatable bonds is 7. The number of ether oxygens (including phenoxy) is 1. The molecule has 6 heteroatoms. The highest BCUT2D eigenvalue weighted by atomic mass is 127. The van der Waals surface area contributed by atoms with E-state index in [1.54, 1.807) is 7.11 Å². The second-order valence-electron chi connectivity index (χ2n) is 6.73. The smallest absolute Gasteiger partial charge is 0.194 e. The largest absolute Gasteiger partial charge is 0.384 e. The summed E-state index contributed by atoms with van der Waals surface area (Å²) in [5.74, 6) is 1.63. The number of guanidine groups is 1. The summed E-state index contributed by atoms with van der Waals surface area (Å²) in [7, 11) is 5.98. The minimum atomic E-state index is 0. The summed E-state index contributed by atoms with van der Waals surface area (Å²) in [4.78, 5) is 9.46. The van der Waals surface area contributed by atoms with Crippen molar-refractivity contribution in [3.8, 4) is 0 Å². The Morgan fingerprint density at radius 3 is 2.68 bits per heavy atom. The van der Waals surface area contributed by atoms with Crippen LogP contribution in [0.5, 0.6) is 0 Å². The van der Waals surface area contributed by atoms with Crippen LogP contribution in [0.3, 0.4) is 0 Å². The summed E-state index contributed by atoms with van der Waals surface area (Å²) < 4.78 is 5.30. The van der Waals surface area contributed by atoms with Crippen molar-refractivity contribution in [2.24, 2.45) is 10.9 Å². The number of nitrogens with zero attached hydrogens (tertiary/aromatic N) is 3. The molecule has 0 aliphatic carbocycles. The topological polar surface area (TPSA) is 40.1 Å². The van der Waals surface area contributed by atoms with Gasteiger partial charge in [-0.15, -0.1) is 24.0 Å². The number of aliphatic imine (C=N–C) groups is 1. The van der Waals surface area contributed by atoms with Gasteiger partial charge >= 0.3 is 0 Å². The lowest BCUT2D eigenvalue weighted by Crippen LogP contribution is -2.40. The molecule has 142 valence electrons. The predicted octanol–water partition coefficient (Wildman–Crippen LogP) is 2.80. The Hall–Kier alpha value is -0.860. The van der Waals surface area contributed by atoms with Crippen LogP contribution in [0.1, 0.15) is 24.5 Å². The van der Waals surface area contributed by atoms with Gasteiger partial charge in [0.1, 0.15) is 0 Å². The van der Waals surface area contributed by atoms with Crippen molar-refractivity contribution in [2.45, 2.75) is 26.4 Å². The maximum atomic E-state index is 5.30. The maximum Gasteiger partial charge on any atom is 0.194 e. The van der Waals surface area contributed by atoms with Crippen LogP contribution in [-0.2, 0) is 17.8 Å². The van der Waals surface area contributed by atoms with Crippen LogP contribution in [0.15, 0.2) is 29.3 Å². The van der Waals surface area contributed by atoms with Crippen molar-refractivity contribution in [1.82, 2.24) is 15.1 Å². The Bertz CT molecular complexity index is 536. The quantitative estimate of drug-likeness (QED) is 0.386. The van der Waals surface area contributed by atoms with E-state index in [2.05, 4.69) is 60.4 Å². The fourth-order valence-corrected chi connectivity index (χ4v) is 3.19. The molecule has 1 saturated heterocycles. The number of benzene rings is 1. The van der Waals surface area contributed by atoms with Gasteiger partial charge in [0, 0.05) is 39.2 Å². The third kappa shape index (κ3) is 7.11. The molecule has 0 spiro atoms. The van der Waals surface area contributed by atoms with Gasteiger partial charge in [-0.05, 0) is 38.6 Å². The first-order valence-electron chi connectivity index (χ1n) is 8.87. The monoisotopic (exact) mass is 460 g/mol. The number of hydrogen-bond acceptors (Lipinski definition) is 3. The number of halogens is 1. The van der Waals surface area contributed by atoms with Gasteiger partial charge in [-0.3, -0.25) is 0 Å². The van der Waals surface area contributed by atoms with Gasteiger partial charge in [0.25, 0.3) is 0 Å². The molecule has 0 aromatic heterocycles. The maximum absolute atomic E-state index is 5.30. The first-order chi connectivity index (χ1) is 11.6. The zero-order chi connectivity index (χ0) is 17.4. The Balaban J connectivity index is 0.00000312. The molecule has 1 heterocycles. The number of nitrogens with one attached hydrogen (secondary N) is 1. The minimum Gasteiger partial charge on any atom is -0.384 e. The van der Waals surface area contributed by atoms with E-state index < -0.39 is 0 Å². The molecule has 1 unspecified atom stereocenters. The first kappa shape index (κ1) is 22.2. The zero-order valence-electron chi connectivity index (χ0n) is 16.0. The molecule has 0 saturated carbocycles. The second-order valence-corrected chi connectivity index (χ2v) is 6.73. The Morgan fingerprint density at radius 1 is 1.32 bits per heavy atom. The van der Waals surface area contributed by atoms with E-state index in [1.807, 2.05) is 0 Å². The van der Waals surface area contributed by atoms with E-state index in [9.17, 15) is 0 Å². The average molecular weight is 460 g/mol. The Morgan fingerprint density at radius 2 is 2.04 bits per heavy atom. The lowest BCUT2D eigenvalue weighted by Gasteiger charge is -2.22. The minimum absolute atomic E-state index is 0. The predicted molar refractivity (Wildman–Crippen MR) is 116 cm³/mol. The van der Waals surface area contributed by atoms with Crippen LogP contribution in [0.2, 0.25) is 0 Å². The summed E-state index contributed by atoms with van der Waals surface area (Å²) in [6, 6.07) is 8.58. The molecule has 0 bridgehead atoms. The van der Waals surface area contributed by atoms with E-state index in [1.165, 1.54) is 17.5 Å². The van der Waals surface area contributed by atoms with Crippen molar-refractivity contribution in [2.75, 3.05) is 47.4 Å². The van der Waals surface area contributed by atoms with E-state index in [0.29, 0.717) is 5.92 Å². The molecule has 2 rings (SSSR count). The molecule has 1 atom stereocenters. The van der Waals surface area contributed by atoms with Gasteiger partial charge in [0.2, 0.25) is 0 Å². The number of hydrogen-bond donors (Lipinski definition) is 1. The molecule has 1 aromatic carbocycles. The summed E-state index contributed by atoms with van der Waals surface area (Å²) >= 11 is 0. The van der Waals surface area contributed by atoms with Crippen molar-refractivity contribution in [3.63, 3.8) is 0 Å². The third-order valence-corrected chi connectivity index (χ3v) is 4.33. The van der Waals surface area contributed by atoms with Crippen molar-refractivity contribution in [3.05, 3.63) is 35.4 Å². The first-order valence-corrected chi connectivity index (χ1v) is 8.87. The molecular weight excluding hydrogens is 427 g/mol. The van der Waals surface area contributed by atoms with E-state index in [0.717, 1.165) is 45.3 Å². The van der Waals surface area contributed by atoms with Gasteiger partial charge in [-0.25, -0.2) is 4.99 Å². The highest BCUT2D eigenvalue weighted by Crippen LogP contribution is 2.17. The molecule has 1 fully saturated rings. The zero-order valence-corrected chi connectivity index (χ0v) is 18.3. The summed E-state index contributed by atoms with van der Waals surface area (Å²) in [5, 5.41) is 3.44. The molecule has 1 aliphatic heterocycles. The van der Waals surface area contributed by atoms with Crippen LogP contribution in [-0.4, -0.2) is 63.2 Å². The molecule has 1 aliphatic rings. The summed E-state index contributed by atoms with van der Waals surface area (Å²) in [5.41, 5.74) is 2.65. The second kappa shape index (κ2) is 11.7. The molecule has 25 heavy (non-hydrogen) atoms. The normalized spacial score (nSPS) is 17.7. The van der Waals surface area contributed by atoms with Gasteiger partial charge in [-0.2, -0.15) is 0 Å². The molecule has 0 radical (unpaired) electrons. The third-order valence-electron chi connectivity index (χ3n) is 4.33. The Labute approximate surface area is 169 Å². The van der Waals surface area contributed by atoms with E-state index in [4.69, 9.17) is 9.73 Å². The van der Waals surface area contributed by atoms with Gasteiger partial charge in [0.05, 0.1) is 13.2 Å². The Kier molecular flexibility index (Phi) is 10.4. The van der Waals surface area contributed by atoms with Gasteiger partial charge in [0.15, 0.2) is 5.96 Å². The molecular formula is C19H33IN4O. The van der Waals surface area contributed by atoms with Crippen LogP contribution < -0.4 is 5.32 Å². The summed E-state index contributed by atoms with van der Waals surface area (Å²) in [6.45, 7) is 7.60. The SMILES string of the molecule is CCNC(=NCc1ccccc1CN(C)C)N1CCC(COC)C1.I. The summed E-state index contributed by atoms with van der Waals surface area (Å²) in [6.07, 6.45) is 1.18. The van der Waals surface area contributed by atoms with Crippen LogP contribution in [0.25, 0.3) is 0 Å². The lowest BCUT2D eigenvalue weighted by molar-refractivity contribution is 0.157. The number of methoxy groups -OCH3 is 1. The average Bonchev–Trinajstić information content (AvgIpc) is 3.01. The standard InChI is InChI=1S/C19H32N4O.HI/c1-5-20-19(23-11-10-16(13-23)15-24-4)21-12-17-8-6-7-9-18(17)14-22(2)3;/h6-9,16H,5,10-15H2,1-4H3,(H,20,21);1H. The molecule has 0 amide bonds. The van der Waals surface area contributed by atoms with Crippen LogP contribution in [0, 0.1) is 5.92 Å². The highest BCUT2D eigenvalue weighted by molar-refractivity contribution is 14.0. The van der Waals surface area contributed by atoms with E-state index in [-0.39, 0.29) is 24.0 Å². The molecule has 1 aromatic rings. The van der Waals surface area contributed by atoms with Crippen molar-refractivity contribution >= 4 is 29.9 Å². The molecule has 5 nitrogen and oxygen atoms in total. The van der Waals surface area contributed by atoms with Crippen molar-refractivity contribution in [1.29, 1.82) is 0 Å². The van der Waals surface area contributed by atoms with Crippen molar-refractivity contribution < 1.29 is 4.74 Å². The van der Waals surface area contributed by atoms with Gasteiger partial charge in [-0.1, -0.05) is 24.3 Å². The lowest BCUT2D eigenvalue weighted by atomic mass is 10.1. The van der Waals surface area contributed by atoms with Gasteiger partial charge < -0.3 is 19.9 Å². The van der Waals surface area contributed by atoms with Crippen LogP contribution >= 0.6 is 24.0 Å².